The van der Waals surface area contributed by atoms with Crippen LogP contribution in [0.3, 0.4) is 0 Å². The molecule has 0 saturated carbocycles. The van der Waals surface area contributed by atoms with Crippen molar-refractivity contribution < 1.29 is 21.6 Å². The molecule has 3 rings (SSSR count). The quantitative estimate of drug-likeness (QED) is 0.677. The lowest BCUT2D eigenvalue weighted by Crippen LogP contribution is -2.31. The molecule has 2 aromatic heterocycles. The minimum Gasteiger partial charge on any atom is -0.292 e. The van der Waals surface area contributed by atoms with Crippen molar-refractivity contribution in [2.24, 2.45) is 0 Å². The summed E-state index contributed by atoms with van der Waals surface area (Å²) in [5, 5.41) is 3.88. The number of aromatic nitrogens is 4. The van der Waals surface area contributed by atoms with Gasteiger partial charge < -0.3 is 0 Å². The van der Waals surface area contributed by atoms with E-state index in [0.29, 0.717) is 11.8 Å². The summed E-state index contributed by atoms with van der Waals surface area (Å²) in [4.78, 5) is 9.45. The molecule has 0 unspecified atom stereocenters. The molecule has 0 fully saturated rings. The number of hydrogen-bond donors (Lipinski definition) is 2. The van der Waals surface area contributed by atoms with Gasteiger partial charge in [0.15, 0.2) is 0 Å². The van der Waals surface area contributed by atoms with Gasteiger partial charge in [-0.3, -0.25) is 5.43 Å². The molecule has 2 N–H and O–H groups in total. The third-order valence-corrected chi connectivity index (χ3v) is 4.41. The molecule has 1 aromatic carbocycles. The molecule has 132 valence electrons. The summed E-state index contributed by atoms with van der Waals surface area (Å²) in [6, 6.07) is 4.91. The number of aryl methyl sites for hydroxylation is 1. The summed E-state index contributed by atoms with van der Waals surface area (Å²) >= 11 is 0. The van der Waals surface area contributed by atoms with E-state index in [9.17, 15) is 21.6 Å². The lowest BCUT2D eigenvalue weighted by molar-refractivity contribution is -0.137. The van der Waals surface area contributed by atoms with E-state index in [1.54, 1.807) is 6.92 Å². The maximum absolute atomic E-state index is 12.7. The Kier molecular flexibility index (Phi) is 4.08. The van der Waals surface area contributed by atoms with Crippen LogP contribution in [0.4, 0.5) is 19.0 Å². The number of fused-ring (bicyclic) bond motifs is 1. The highest BCUT2D eigenvalue weighted by atomic mass is 32.2. The second-order valence-corrected chi connectivity index (χ2v) is 6.69. The topological polar surface area (TPSA) is 101 Å². The standard InChI is InChI=1S/C13H11F3N6O2S/c1-8-5-11(22-12(19-8)17-7-18-22)20-21-25(23,24)10-4-2-3-9(6-10)13(14,15)16/h2-7,20-21H,1H3. The van der Waals surface area contributed by atoms with Crippen molar-refractivity contribution in [2.75, 3.05) is 5.43 Å². The highest BCUT2D eigenvalue weighted by Crippen LogP contribution is 2.30. The van der Waals surface area contributed by atoms with Gasteiger partial charge in [-0.1, -0.05) is 6.07 Å². The molecule has 2 heterocycles. The van der Waals surface area contributed by atoms with E-state index in [0.717, 1.165) is 18.2 Å². The summed E-state index contributed by atoms with van der Waals surface area (Å²) in [6.07, 6.45) is -3.41. The van der Waals surface area contributed by atoms with Gasteiger partial charge in [-0.15, -0.1) is 4.83 Å². The maximum Gasteiger partial charge on any atom is 0.416 e. The summed E-state index contributed by atoms with van der Waals surface area (Å²) in [5.74, 6) is 0.441. The van der Waals surface area contributed by atoms with Crippen LogP contribution in [-0.2, 0) is 16.2 Å². The third-order valence-electron chi connectivity index (χ3n) is 3.17. The van der Waals surface area contributed by atoms with Gasteiger partial charge in [0.2, 0.25) is 0 Å². The fourth-order valence-corrected chi connectivity index (χ4v) is 2.93. The Balaban J connectivity index is 1.88. The van der Waals surface area contributed by atoms with Gasteiger partial charge in [0.05, 0.1) is 10.5 Å². The van der Waals surface area contributed by atoms with E-state index in [1.807, 2.05) is 4.83 Å². The number of anilines is 1. The van der Waals surface area contributed by atoms with Gasteiger partial charge in [0.25, 0.3) is 15.8 Å². The summed E-state index contributed by atoms with van der Waals surface area (Å²) in [6.45, 7) is 1.67. The molecular weight excluding hydrogens is 361 g/mol. The average Bonchev–Trinajstić information content (AvgIpc) is 3.00. The van der Waals surface area contributed by atoms with Gasteiger partial charge >= 0.3 is 6.18 Å². The van der Waals surface area contributed by atoms with Crippen LogP contribution < -0.4 is 10.3 Å². The minimum absolute atomic E-state index is 0.204. The summed E-state index contributed by atoms with van der Waals surface area (Å²) < 4.78 is 63.9. The average molecular weight is 372 g/mol. The van der Waals surface area contributed by atoms with Crippen LogP contribution in [0.2, 0.25) is 0 Å². The van der Waals surface area contributed by atoms with Crippen molar-refractivity contribution in [3.05, 3.63) is 47.9 Å². The van der Waals surface area contributed by atoms with Crippen molar-refractivity contribution in [2.45, 2.75) is 18.0 Å². The highest BCUT2D eigenvalue weighted by Gasteiger charge is 2.31. The van der Waals surface area contributed by atoms with Gasteiger partial charge in [0.1, 0.15) is 12.1 Å². The van der Waals surface area contributed by atoms with E-state index < -0.39 is 26.7 Å². The molecule has 25 heavy (non-hydrogen) atoms. The number of hydrazine groups is 1. The predicted molar refractivity (Wildman–Crippen MR) is 80.9 cm³/mol. The number of hydrogen-bond acceptors (Lipinski definition) is 6. The van der Waals surface area contributed by atoms with Crippen LogP contribution >= 0.6 is 0 Å². The van der Waals surface area contributed by atoms with E-state index in [1.165, 1.54) is 16.9 Å². The fourth-order valence-electron chi connectivity index (χ4n) is 2.04. The maximum atomic E-state index is 12.7. The Labute approximate surface area is 139 Å². The smallest absolute Gasteiger partial charge is 0.292 e. The van der Waals surface area contributed by atoms with Gasteiger partial charge in [-0.05, 0) is 25.1 Å². The Morgan fingerprint density at radius 3 is 2.68 bits per heavy atom. The van der Waals surface area contributed by atoms with Crippen molar-refractivity contribution in [3.63, 3.8) is 0 Å². The zero-order valence-corrected chi connectivity index (χ0v) is 13.4. The molecule has 0 aliphatic heterocycles. The number of rotatable bonds is 4. The number of nitrogens with one attached hydrogen (secondary N) is 2. The Morgan fingerprint density at radius 2 is 1.96 bits per heavy atom. The molecule has 0 spiro atoms. The second kappa shape index (κ2) is 5.97. The summed E-state index contributed by atoms with van der Waals surface area (Å²) in [7, 11) is -4.25. The van der Waals surface area contributed by atoms with Crippen LogP contribution in [0.15, 0.2) is 41.6 Å². The summed E-state index contributed by atoms with van der Waals surface area (Å²) in [5.41, 5.74) is 1.89. The Morgan fingerprint density at radius 1 is 1.20 bits per heavy atom. The van der Waals surface area contributed by atoms with Crippen molar-refractivity contribution in [1.29, 1.82) is 0 Å². The van der Waals surface area contributed by atoms with Crippen LogP contribution in [0.25, 0.3) is 5.78 Å². The largest absolute Gasteiger partial charge is 0.416 e. The van der Waals surface area contributed by atoms with Gasteiger partial charge in [-0.2, -0.15) is 27.8 Å². The highest BCUT2D eigenvalue weighted by molar-refractivity contribution is 7.89. The second-order valence-electron chi connectivity index (χ2n) is 5.01. The molecule has 0 amide bonds. The molecule has 0 atom stereocenters. The molecule has 0 aliphatic carbocycles. The van der Waals surface area contributed by atoms with E-state index in [4.69, 9.17) is 0 Å². The SMILES string of the molecule is Cc1cc(NNS(=O)(=O)c2cccc(C(F)(F)F)c2)n2ncnc2n1. The Hall–Kier alpha value is -2.73. The molecular formula is C13H11F3N6O2S. The lowest BCUT2D eigenvalue weighted by atomic mass is 10.2. The van der Waals surface area contributed by atoms with Gasteiger partial charge in [-0.25, -0.2) is 13.4 Å². The van der Waals surface area contributed by atoms with E-state index in [-0.39, 0.29) is 11.6 Å². The molecule has 12 heteroatoms. The third kappa shape index (κ3) is 3.53. The number of benzene rings is 1. The number of halogens is 3. The van der Waals surface area contributed by atoms with Crippen molar-refractivity contribution in [1.82, 2.24) is 24.4 Å². The minimum atomic E-state index is -4.64. The predicted octanol–water partition coefficient (Wildman–Crippen LogP) is 1.76. The zero-order valence-electron chi connectivity index (χ0n) is 12.6. The molecule has 0 saturated heterocycles. The number of sulfonamides is 1. The molecule has 8 nitrogen and oxygen atoms in total. The first-order valence-corrected chi connectivity index (χ1v) is 8.27. The lowest BCUT2D eigenvalue weighted by Gasteiger charge is -2.12. The number of nitrogens with zero attached hydrogens (tertiary/aromatic N) is 4. The van der Waals surface area contributed by atoms with Crippen LogP contribution in [-0.4, -0.2) is 28.0 Å². The molecule has 3 aromatic rings. The first-order valence-electron chi connectivity index (χ1n) is 6.79. The normalized spacial score (nSPS) is 12.5. The van der Waals surface area contributed by atoms with Crippen LogP contribution in [0, 0.1) is 6.92 Å². The fraction of sp³-hybridized carbons (Fsp3) is 0.154. The van der Waals surface area contributed by atoms with Crippen molar-refractivity contribution in [3.8, 4) is 0 Å². The first-order chi connectivity index (χ1) is 11.7. The van der Waals surface area contributed by atoms with Gasteiger partial charge in [0, 0.05) is 11.8 Å². The first kappa shape index (κ1) is 17.1. The monoisotopic (exact) mass is 372 g/mol. The molecule has 0 radical (unpaired) electrons. The van der Waals surface area contributed by atoms with E-state index in [2.05, 4.69) is 20.5 Å². The molecule has 0 bridgehead atoms. The van der Waals surface area contributed by atoms with Crippen LogP contribution in [0.1, 0.15) is 11.3 Å². The Bertz CT molecular complexity index is 1030. The molecule has 0 aliphatic rings. The van der Waals surface area contributed by atoms with Crippen LogP contribution in [0.5, 0.6) is 0 Å². The van der Waals surface area contributed by atoms with E-state index >= 15 is 0 Å². The number of alkyl halides is 3. The van der Waals surface area contributed by atoms with Crippen molar-refractivity contribution >= 4 is 21.6 Å². The zero-order chi connectivity index (χ0) is 18.2.